The second kappa shape index (κ2) is 7.19. The summed E-state index contributed by atoms with van der Waals surface area (Å²) in [7, 11) is 1.56. The molecule has 2 amide bonds. The Morgan fingerprint density at radius 2 is 2.04 bits per heavy atom. The normalized spacial score (nSPS) is 17.2. The Kier molecular flexibility index (Phi) is 4.99. The van der Waals surface area contributed by atoms with Crippen molar-refractivity contribution in [1.29, 1.82) is 0 Å². The number of fused-ring (bicyclic) bond motifs is 1. The van der Waals surface area contributed by atoms with Crippen LogP contribution in [0.4, 0.5) is 11.4 Å². The van der Waals surface area contributed by atoms with Gasteiger partial charge in [-0.2, -0.15) is 0 Å². The Bertz CT molecular complexity index is 822. The third-order valence-electron chi connectivity index (χ3n) is 4.14. The quantitative estimate of drug-likeness (QED) is 0.877. The van der Waals surface area contributed by atoms with Crippen molar-refractivity contribution in [3.8, 4) is 5.75 Å². The molecule has 0 saturated heterocycles. The number of anilines is 2. The molecule has 130 valence electrons. The maximum Gasteiger partial charge on any atom is 0.238 e. The summed E-state index contributed by atoms with van der Waals surface area (Å²) in [5, 5.41) is 5.28. The van der Waals surface area contributed by atoms with E-state index < -0.39 is 11.2 Å². The van der Waals surface area contributed by atoms with Gasteiger partial charge in [0.2, 0.25) is 11.8 Å². The first kappa shape index (κ1) is 17.4. The molecule has 0 fully saturated rings. The number of benzene rings is 2. The molecular weight excluding hydrogens is 336 g/mol. The second-order valence-corrected chi connectivity index (χ2v) is 7.19. The van der Waals surface area contributed by atoms with Crippen molar-refractivity contribution < 1.29 is 14.3 Å². The summed E-state index contributed by atoms with van der Waals surface area (Å²) in [6.07, 6.45) is 0. The van der Waals surface area contributed by atoms with Crippen molar-refractivity contribution in [2.45, 2.75) is 24.0 Å². The zero-order valence-corrected chi connectivity index (χ0v) is 15.1. The van der Waals surface area contributed by atoms with E-state index in [1.165, 1.54) is 11.8 Å². The molecule has 2 aromatic rings. The fourth-order valence-corrected chi connectivity index (χ4v) is 3.87. The highest BCUT2D eigenvalue weighted by Gasteiger charge is 2.35. The third kappa shape index (κ3) is 3.64. The van der Waals surface area contributed by atoms with E-state index in [2.05, 4.69) is 10.6 Å². The summed E-state index contributed by atoms with van der Waals surface area (Å²) in [5.74, 6) is -0.265. The second-order valence-electron chi connectivity index (χ2n) is 6.01. The maximum absolute atomic E-state index is 12.7. The number of aryl methyl sites for hydroxylation is 1. The number of nitrogens with one attached hydrogen (secondary N) is 2. The molecule has 0 unspecified atom stereocenters. The zero-order chi connectivity index (χ0) is 18.0. The van der Waals surface area contributed by atoms with Crippen LogP contribution in [0.5, 0.6) is 5.75 Å². The van der Waals surface area contributed by atoms with Gasteiger partial charge in [-0.3, -0.25) is 9.59 Å². The van der Waals surface area contributed by atoms with E-state index in [0.29, 0.717) is 11.4 Å². The Balaban J connectivity index is 1.77. The summed E-state index contributed by atoms with van der Waals surface area (Å²) in [4.78, 5) is 26.1. The lowest BCUT2D eigenvalue weighted by Gasteiger charge is -2.27. The van der Waals surface area contributed by atoms with Crippen molar-refractivity contribution >= 4 is 35.0 Å². The van der Waals surface area contributed by atoms with E-state index in [1.807, 2.05) is 49.4 Å². The Hall–Kier alpha value is -2.47. The number of thioether (sulfide) groups is 1. The minimum Gasteiger partial charge on any atom is -0.495 e. The molecule has 2 atom stereocenters. The van der Waals surface area contributed by atoms with Crippen LogP contribution in [0.25, 0.3) is 0 Å². The van der Waals surface area contributed by atoms with Crippen LogP contribution in [0.15, 0.2) is 47.4 Å². The highest BCUT2D eigenvalue weighted by atomic mass is 32.2. The first-order chi connectivity index (χ1) is 12.0. The zero-order valence-electron chi connectivity index (χ0n) is 14.3. The average Bonchev–Trinajstić information content (AvgIpc) is 2.60. The fourth-order valence-electron chi connectivity index (χ4n) is 2.70. The van der Waals surface area contributed by atoms with E-state index in [1.54, 1.807) is 14.0 Å². The first-order valence-corrected chi connectivity index (χ1v) is 8.89. The lowest BCUT2D eigenvalue weighted by Crippen LogP contribution is -2.39. The molecule has 2 N–H and O–H groups in total. The topological polar surface area (TPSA) is 67.4 Å². The Labute approximate surface area is 151 Å². The molecule has 2 aromatic carbocycles. The SMILES string of the molecule is COc1ccc(C)cc1NC(=O)[C@H](C)[C@@H]1Sc2ccccc2NC1=O. The minimum atomic E-state index is -0.497. The number of amides is 2. The summed E-state index contributed by atoms with van der Waals surface area (Å²) < 4.78 is 5.29. The van der Waals surface area contributed by atoms with Gasteiger partial charge in [0.05, 0.1) is 29.7 Å². The molecule has 0 radical (unpaired) electrons. The number of para-hydroxylation sites is 1. The predicted molar refractivity (Wildman–Crippen MR) is 100 cm³/mol. The molecule has 3 rings (SSSR count). The van der Waals surface area contributed by atoms with Gasteiger partial charge < -0.3 is 15.4 Å². The lowest BCUT2D eigenvalue weighted by molar-refractivity contribution is -0.123. The maximum atomic E-state index is 12.7. The number of carbonyl (C=O) groups is 2. The molecule has 5 nitrogen and oxygen atoms in total. The van der Waals surface area contributed by atoms with Gasteiger partial charge in [-0.25, -0.2) is 0 Å². The van der Waals surface area contributed by atoms with Gasteiger partial charge in [-0.15, -0.1) is 11.8 Å². The fraction of sp³-hybridized carbons (Fsp3) is 0.263. The number of carbonyl (C=O) groups excluding carboxylic acids is 2. The number of rotatable bonds is 4. The first-order valence-electron chi connectivity index (χ1n) is 8.01. The summed E-state index contributed by atoms with van der Waals surface area (Å²) in [6.45, 7) is 3.71. The minimum absolute atomic E-state index is 0.150. The Morgan fingerprint density at radius 1 is 1.28 bits per heavy atom. The third-order valence-corrected chi connectivity index (χ3v) is 5.62. The van der Waals surface area contributed by atoms with Crippen LogP contribution >= 0.6 is 11.8 Å². The molecule has 1 aliphatic rings. The Morgan fingerprint density at radius 3 is 2.80 bits per heavy atom. The molecular formula is C19H20N2O3S. The highest BCUT2D eigenvalue weighted by Crippen LogP contribution is 2.38. The molecule has 25 heavy (non-hydrogen) atoms. The molecule has 0 bridgehead atoms. The van der Waals surface area contributed by atoms with Gasteiger partial charge in [0.25, 0.3) is 0 Å². The molecule has 0 aliphatic carbocycles. The molecule has 6 heteroatoms. The number of methoxy groups -OCH3 is 1. The van der Waals surface area contributed by atoms with E-state index >= 15 is 0 Å². The molecule has 0 aromatic heterocycles. The van der Waals surface area contributed by atoms with Crippen LogP contribution in [0.2, 0.25) is 0 Å². The van der Waals surface area contributed by atoms with E-state index in [-0.39, 0.29) is 11.8 Å². The van der Waals surface area contributed by atoms with Crippen LogP contribution in [-0.2, 0) is 9.59 Å². The van der Waals surface area contributed by atoms with Gasteiger partial charge >= 0.3 is 0 Å². The van der Waals surface area contributed by atoms with Gasteiger partial charge in [0.1, 0.15) is 5.75 Å². The van der Waals surface area contributed by atoms with Crippen molar-refractivity contribution in [3.63, 3.8) is 0 Å². The standard InChI is InChI=1S/C19H20N2O3S/c1-11-8-9-15(24-3)14(10-11)21-18(22)12(2)17-19(23)20-13-6-4-5-7-16(13)25-17/h4-10,12,17H,1-3H3,(H,20,23)(H,21,22)/t12-,17+/m1/s1. The summed E-state index contributed by atoms with van der Waals surface area (Å²) in [5.41, 5.74) is 2.42. The molecule has 0 spiro atoms. The van der Waals surface area contributed by atoms with E-state index in [4.69, 9.17) is 4.74 Å². The predicted octanol–water partition coefficient (Wildman–Crippen LogP) is 3.69. The van der Waals surface area contributed by atoms with Crippen molar-refractivity contribution in [2.24, 2.45) is 5.92 Å². The van der Waals surface area contributed by atoms with E-state index in [0.717, 1.165) is 16.1 Å². The number of hydrogen-bond donors (Lipinski definition) is 2. The van der Waals surface area contributed by atoms with Crippen molar-refractivity contribution in [2.75, 3.05) is 17.7 Å². The molecule has 1 aliphatic heterocycles. The number of ether oxygens (including phenoxy) is 1. The van der Waals surface area contributed by atoms with Gasteiger partial charge in [-0.1, -0.05) is 25.1 Å². The lowest BCUT2D eigenvalue weighted by atomic mass is 10.0. The van der Waals surface area contributed by atoms with Crippen LogP contribution in [0.3, 0.4) is 0 Å². The van der Waals surface area contributed by atoms with Gasteiger partial charge in [-0.05, 0) is 36.8 Å². The average molecular weight is 356 g/mol. The summed E-state index contributed by atoms with van der Waals surface area (Å²) in [6, 6.07) is 13.2. The van der Waals surface area contributed by atoms with Crippen molar-refractivity contribution in [1.82, 2.24) is 0 Å². The van der Waals surface area contributed by atoms with Gasteiger partial charge in [0, 0.05) is 4.90 Å². The van der Waals surface area contributed by atoms with Gasteiger partial charge in [0.15, 0.2) is 0 Å². The van der Waals surface area contributed by atoms with Crippen LogP contribution < -0.4 is 15.4 Å². The molecule has 0 saturated carbocycles. The van der Waals surface area contributed by atoms with Crippen LogP contribution in [0, 0.1) is 12.8 Å². The number of hydrogen-bond acceptors (Lipinski definition) is 4. The van der Waals surface area contributed by atoms with Crippen LogP contribution in [0.1, 0.15) is 12.5 Å². The highest BCUT2D eigenvalue weighted by molar-refractivity contribution is 8.01. The largest absolute Gasteiger partial charge is 0.495 e. The van der Waals surface area contributed by atoms with E-state index in [9.17, 15) is 9.59 Å². The summed E-state index contributed by atoms with van der Waals surface area (Å²) >= 11 is 1.42. The van der Waals surface area contributed by atoms with Crippen molar-refractivity contribution in [3.05, 3.63) is 48.0 Å². The monoisotopic (exact) mass is 356 g/mol. The molecule has 1 heterocycles. The van der Waals surface area contributed by atoms with Crippen LogP contribution in [-0.4, -0.2) is 24.2 Å². The smallest absolute Gasteiger partial charge is 0.238 e.